The Morgan fingerprint density at radius 1 is 1.14 bits per heavy atom. The van der Waals surface area contributed by atoms with Gasteiger partial charge in [-0.3, -0.25) is 9.36 Å². The Morgan fingerprint density at radius 3 is 2.57 bits per heavy atom. The summed E-state index contributed by atoms with van der Waals surface area (Å²) in [5, 5.41) is 8.85. The summed E-state index contributed by atoms with van der Waals surface area (Å²) in [6, 6.07) is 17.9. The van der Waals surface area contributed by atoms with E-state index in [1.807, 2.05) is 58.9 Å². The summed E-state index contributed by atoms with van der Waals surface area (Å²) in [6.07, 6.45) is 2.51. The first kappa shape index (κ1) is 19.9. The molecule has 0 spiro atoms. The molecule has 0 fully saturated rings. The summed E-state index contributed by atoms with van der Waals surface area (Å²) < 4.78 is 7.07. The number of carbonyl (C=O) groups is 1. The van der Waals surface area contributed by atoms with Crippen LogP contribution in [0.3, 0.4) is 0 Å². The van der Waals surface area contributed by atoms with Crippen LogP contribution in [-0.4, -0.2) is 51.5 Å². The maximum atomic E-state index is 12.7. The summed E-state index contributed by atoms with van der Waals surface area (Å²) >= 11 is 1.40. The van der Waals surface area contributed by atoms with E-state index < -0.39 is 0 Å². The van der Waals surface area contributed by atoms with Crippen molar-refractivity contribution in [2.24, 2.45) is 0 Å². The number of carbonyl (C=O) groups excluding carboxylic acids is 1. The molecule has 0 aliphatic heterocycles. The van der Waals surface area contributed by atoms with Crippen molar-refractivity contribution >= 4 is 17.7 Å². The molecule has 1 amide bonds. The standard InChI is InChI=1S/C21H24N4O2S/c1-3-24(14-13-17-7-5-4-6-8-17)20(26)15-28-21-23-22-16-25(21)18-9-11-19(27-2)12-10-18/h4-12,16H,3,13-15H2,1-2H3. The molecule has 1 aromatic heterocycles. The van der Waals surface area contributed by atoms with Gasteiger partial charge in [-0.1, -0.05) is 42.1 Å². The Bertz CT molecular complexity index is 881. The second-order valence-corrected chi connectivity index (χ2v) is 7.12. The summed E-state index contributed by atoms with van der Waals surface area (Å²) in [5.41, 5.74) is 2.16. The first-order valence-electron chi connectivity index (χ1n) is 9.20. The molecule has 0 atom stereocenters. The highest BCUT2D eigenvalue weighted by atomic mass is 32.2. The van der Waals surface area contributed by atoms with Crippen molar-refractivity contribution in [1.82, 2.24) is 19.7 Å². The predicted molar refractivity (Wildman–Crippen MR) is 111 cm³/mol. The Balaban J connectivity index is 1.58. The molecule has 7 heteroatoms. The van der Waals surface area contributed by atoms with Crippen LogP contribution >= 0.6 is 11.8 Å². The predicted octanol–water partition coefficient (Wildman–Crippen LogP) is 3.46. The van der Waals surface area contributed by atoms with Crippen molar-refractivity contribution in [1.29, 1.82) is 0 Å². The van der Waals surface area contributed by atoms with Crippen molar-refractivity contribution in [3.63, 3.8) is 0 Å². The van der Waals surface area contributed by atoms with Gasteiger partial charge in [0, 0.05) is 18.8 Å². The fourth-order valence-electron chi connectivity index (χ4n) is 2.83. The topological polar surface area (TPSA) is 60.2 Å². The Hall–Kier alpha value is -2.80. The minimum Gasteiger partial charge on any atom is -0.497 e. The molecule has 2 aromatic carbocycles. The second kappa shape index (κ2) is 9.94. The quantitative estimate of drug-likeness (QED) is 0.519. The van der Waals surface area contributed by atoms with Crippen LogP contribution in [0.5, 0.6) is 5.75 Å². The third-order valence-electron chi connectivity index (χ3n) is 4.44. The van der Waals surface area contributed by atoms with Crippen LogP contribution in [0.2, 0.25) is 0 Å². The van der Waals surface area contributed by atoms with Crippen LogP contribution < -0.4 is 4.74 Å². The maximum absolute atomic E-state index is 12.7. The minimum atomic E-state index is 0.104. The highest BCUT2D eigenvalue weighted by molar-refractivity contribution is 7.99. The molecule has 1 heterocycles. The first-order chi connectivity index (χ1) is 13.7. The van der Waals surface area contributed by atoms with E-state index in [0.717, 1.165) is 17.9 Å². The number of likely N-dealkylation sites (N-methyl/N-ethyl adjacent to an activating group) is 1. The van der Waals surface area contributed by atoms with Crippen molar-refractivity contribution in [3.05, 3.63) is 66.5 Å². The van der Waals surface area contributed by atoms with E-state index in [-0.39, 0.29) is 5.91 Å². The lowest BCUT2D eigenvalue weighted by atomic mass is 10.1. The number of thioether (sulfide) groups is 1. The van der Waals surface area contributed by atoms with E-state index in [1.165, 1.54) is 17.3 Å². The number of hydrogen-bond acceptors (Lipinski definition) is 5. The molecule has 0 bridgehead atoms. The van der Waals surface area contributed by atoms with E-state index in [1.54, 1.807) is 13.4 Å². The SMILES string of the molecule is CCN(CCc1ccccc1)C(=O)CSc1nncn1-c1ccc(OC)cc1. The summed E-state index contributed by atoms with van der Waals surface area (Å²) in [5.74, 6) is 1.23. The molecule has 0 aliphatic carbocycles. The maximum Gasteiger partial charge on any atom is 0.233 e. The van der Waals surface area contributed by atoms with Crippen molar-refractivity contribution in [2.45, 2.75) is 18.5 Å². The normalized spacial score (nSPS) is 10.6. The van der Waals surface area contributed by atoms with Crippen molar-refractivity contribution in [2.75, 3.05) is 26.0 Å². The van der Waals surface area contributed by atoms with Crippen LogP contribution in [-0.2, 0) is 11.2 Å². The highest BCUT2D eigenvalue weighted by Crippen LogP contribution is 2.21. The molecule has 0 N–H and O–H groups in total. The van der Waals surface area contributed by atoms with E-state index in [0.29, 0.717) is 24.0 Å². The van der Waals surface area contributed by atoms with Gasteiger partial charge in [-0.15, -0.1) is 10.2 Å². The Kier molecular flexibility index (Phi) is 7.08. The van der Waals surface area contributed by atoms with Crippen molar-refractivity contribution < 1.29 is 9.53 Å². The largest absolute Gasteiger partial charge is 0.497 e. The molecule has 0 unspecified atom stereocenters. The zero-order valence-corrected chi connectivity index (χ0v) is 16.9. The summed E-state index contributed by atoms with van der Waals surface area (Å²) in [7, 11) is 1.64. The van der Waals surface area contributed by atoms with Gasteiger partial charge >= 0.3 is 0 Å². The first-order valence-corrected chi connectivity index (χ1v) is 10.2. The lowest BCUT2D eigenvalue weighted by Crippen LogP contribution is -2.34. The lowest BCUT2D eigenvalue weighted by molar-refractivity contribution is -0.128. The van der Waals surface area contributed by atoms with E-state index in [2.05, 4.69) is 22.3 Å². The average molecular weight is 397 g/mol. The summed E-state index contributed by atoms with van der Waals surface area (Å²) in [6.45, 7) is 3.41. The van der Waals surface area contributed by atoms with E-state index in [4.69, 9.17) is 4.74 Å². The van der Waals surface area contributed by atoms with Crippen LogP contribution in [0.25, 0.3) is 5.69 Å². The molecule has 146 valence electrons. The van der Waals surface area contributed by atoms with Gasteiger partial charge in [0.15, 0.2) is 5.16 Å². The zero-order chi connectivity index (χ0) is 19.8. The number of aromatic nitrogens is 3. The van der Waals surface area contributed by atoms with Crippen LogP contribution in [0.1, 0.15) is 12.5 Å². The molecular formula is C21H24N4O2S. The number of nitrogens with zero attached hydrogens (tertiary/aromatic N) is 4. The monoisotopic (exact) mass is 396 g/mol. The Morgan fingerprint density at radius 2 is 1.89 bits per heavy atom. The van der Waals surface area contributed by atoms with E-state index >= 15 is 0 Å². The van der Waals surface area contributed by atoms with Gasteiger partial charge in [-0.25, -0.2) is 0 Å². The van der Waals surface area contributed by atoms with E-state index in [9.17, 15) is 4.79 Å². The van der Waals surface area contributed by atoms with Crippen LogP contribution in [0.15, 0.2) is 66.1 Å². The van der Waals surface area contributed by atoms with Crippen LogP contribution in [0.4, 0.5) is 0 Å². The van der Waals surface area contributed by atoms with Crippen molar-refractivity contribution in [3.8, 4) is 11.4 Å². The molecule has 0 aliphatic rings. The number of hydrogen-bond donors (Lipinski definition) is 0. The van der Waals surface area contributed by atoms with Gasteiger partial charge in [0.05, 0.1) is 12.9 Å². The van der Waals surface area contributed by atoms with Gasteiger partial charge in [-0.2, -0.15) is 0 Å². The van der Waals surface area contributed by atoms with Gasteiger partial charge < -0.3 is 9.64 Å². The molecule has 3 aromatic rings. The average Bonchev–Trinajstić information content (AvgIpc) is 3.22. The number of amides is 1. The zero-order valence-electron chi connectivity index (χ0n) is 16.1. The number of ether oxygens (including phenoxy) is 1. The molecular weight excluding hydrogens is 372 g/mol. The number of benzene rings is 2. The third-order valence-corrected chi connectivity index (χ3v) is 5.37. The highest BCUT2D eigenvalue weighted by Gasteiger charge is 2.15. The smallest absolute Gasteiger partial charge is 0.233 e. The van der Waals surface area contributed by atoms with Gasteiger partial charge in [0.2, 0.25) is 5.91 Å². The molecule has 3 rings (SSSR count). The Labute approximate surface area is 169 Å². The molecule has 0 saturated carbocycles. The molecule has 0 radical (unpaired) electrons. The number of methoxy groups -OCH3 is 1. The minimum absolute atomic E-state index is 0.104. The fraction of sp³-hybridized carbons (Fsp3) is 0.286. The van der Waals surface area contributed by atoms with Crippen LogP contribution in [0, 0.1) is 0 Å². The molecule has 6 nitrogen and oxygen atoms in total. The fourth-order valence-corrected chi connectivity index (χ4v) is 3.66. The number of rotatable bonds is 9. The van der Waals surface area contributed by atoms with Gasteiger partial charge in [-0.05, 0) is 43.2 Å². The van der Waals surface area contributed by atoms with Gasteiger partial charge in [0.25, 0.3) is 0 Å². The summed E-state index contributed by atoms with van der Waals surface area (Å²) in [4.78, 5) is 14.5. The van der Waals surface area contributed by atoms with Gasteiger partial charge in [0.1, 0.15) is 12.1 Å². The lowest BCUT2D eigenvalue weighted by Gasteiger charge is -2.20. The molecule has 0 saturated heterocycles. The second-order valence-electron chi connectivity index (χ2n) is 6.18. The third kappa shape index (κ3) is 5.13. The molecule has 28 heavy (non-hydrogen) atoms.